The number of carbonyl (C=O) groups is 1. The van der Waals surface area contributed by atoms with E-state index in [0.717, 1.165) is 25.9 Å². The Kier molecular flexibility index (Phi) is 7.44. The topological polar surface area (TPSA) is 32.3 Å². The lowest BCUT2D eigenvalue weighted by atomic mass is 9.95. The van der Waals surface area contributed by atoms with E-state index in [9.17, 15) is 4.79 Å². The Balaban J connectivity index is 1.62. The zero-order valence-electron chi connectivity index (χ0n) is 13.9. The molecule has 1 aromatic rings. The average molecular weight is 302 g/mol. The first kappa shape index (κ1) is 17.0. The molecule has 3 nitrogen and oxygen atoms in total. The molecule has 1 amide bonds. The fourth-order valence-corrected chi connectivity index (χ4v) is 3.11. The number of benzene rings is 1. The van der Waals surface area contributed by atoms with Gasteiger partial charge in [-0.3, -0.25) is 4.79 Å². The summed E-state index contributed by atoms with van der Waals surface area (Å²) in [6, 6.07) is 10.1. The Bertz CT molecular complexity index is 424. The number of nitrogens with one attached hydrogen (secondary N) is 1. The first-order valence-corrected chi connectivity index (χ1v) is 8.83. The number of carbonyl (C=O) groups excluding carboxylic acids is 1. The standard InChI is InChI=1S/C19H30N2O/c1-2-3-4-8-13-21-14-11-18(12-15-21)19(22)20-16-17-9-6-5-7-10-17/h5-7,9-10,18H,2-4,8,11-16H2,1H3,(H,20,22). The molecule has 1 fully saturated rings. The maximum atomic E-state index is 12.2. The fourth-order valence-electron chi connectivity index (χ4n) is 3.11. The molecular weight excluding hydrogens is 272 g/mol. The van der Waals surface area contributed by atoms with Crippen LogP contribution >= 0.6 is 0 Å². The molecule has 1 aromatic carbocycles. The Hall–Kier alpha value is -1.35. The third-order valence-electron chi connectivity index (χ3n) is 4.60. The van der Waals surface area contributed by atoms with Crippen molar-refractivity contribution in [1.82, 2.24) is 10.2 Å². The summed E-state index contributed by atoms with van der Waals surface area (Å²) < 4.78 is 0. The number of hydrogen-bond acceptors (Lipinski definition) is 2. The number of hydrogen-bond donors (Lipinski definition) is 1. The van der Waals surface area contributed by atoms with Gasteiger partial charge in [-0.2, -0.15) is 0 Å². The van der Waals surface area contributed by atoms with Gasteiger partial charge in [0.25, 0.3) is 0 Å². The molecule has 0 spiro atoms. The van der Waals surface area contributed by atoms with Crippen LogP contribution < -0.4 is 5.32 Å². The molecule has 1 N–H and O–H groups in total. The van der Waals surface area contributed by atoms with Crippen molar-refractivity contribution >= 4 is 5.91 Å². The highest BCUT2D eigenvalue weighted by Crippen LogP contribution is 2.18. The van der Waals surface area contributed by atoms with Crippen molar-refractivity contribution in [2.45, 2.75) is 52.0 Å². The molecular formula is C19H30N2O. The summed E-state index contributed by atoms with van der Waals surface area (Å²) >= 11 is 0. The van der Waals surface area contributed by atoms with Crippen LogP contribution in [0.15, 0.2) is 30.3 Å². The van der Waals surface area contributed by atoms with E-state index in [1.165, 1.54) is 37.8 Å². The number of piperidine rings is 1. The van der Waals surface area contributed by atoms with Gasteiger partial charge in [0.2, 0.25) is 5.91 Å². The van der Waals surface area contributed by atoms with Gasteiger partial charge >= 0.3 is 0 Å². The summed E-state index contributed by atoms with van der Waals surface area (Å²) in [7, 11) is 0. The second-order valence-corrected chi connectivity index (χ2v) is 6.38. The summed E-state index contributed by atoms with van der Waals surface area (Å²) in [4.78, 5) is 14.8. The maximum absolute atomic E-state index is 12.2. The van der Waals surface area contributed by atoms with Crippen molar-refractivity contribution in [2.24, 2.45) is 5.92 Å². The molecule has 22 heavy (non-hydrogen) atoms. The van der Waals surface area contributed by atoms with Crippen LogP contribution in [0.4, 0.5) is 0 Å². The van der Waals surface area contributed by atoms with Crippen LogP contribution in [-0.2, 0) is 11.3 Å². The Labute approximate surface area is 135 Å². The molecule has 0 aromatic heterocycles. The van der Waals surface area contributed by atoms with E-state index < -0.39 is 0 Å². The second kappa shape index (κ2) is 9.62. The van der Waals surface area contributed by atoms with Gasteiger partial charge in [0, 0.05) is 12.5 Å². The van der Waals surface area contributed by atoms with Crippen LogP contribution in [0, 0.1) is 5.92 Å². The van der Waals surface area contributed by atoms with Crippen LogP contribution in [0.25, 0.3) is 0 Å². The van der Waals surface area contributed by atoms with Gasteiger partial charge < -0.3 is 10.2 Å². The minimum atomic E-state index is 0.204. The molecule has 1 aliphatic heterocycles. The van der Waals surface area contributed by atoms with Gasteiger partial charge in [-0.15, -0.1) is 0 Å². The zero-order valence-corrected chi connectivity index (χ0v) is 13.9. The highest BCUT2D eigenvalue weighted by atomic mass is 16.1. The van der Waals surface area contributed by atoms with E-state index in [0.29, 0.717) is 6.54 Å². The minimum absolute atomic E-state index is 0.204. The third-order valence-corrected chi connectivity index (χ3v) is 4.60. The number of nitrogens with zero attached hydrogens (tertiary/aromatic N) is 1. The second-order valence-electron chi connectivity index (χ2n) is 6.38. The Morgan fingerprint density at radius 2 is 1.86 bits per heavy atom. The SMILES string of the molecule is CCCCCCN1CCC(C(=O)NCc2ccccc2)CC1. The lowest BCUT2D eigenvalue weighted by Crippen LogP contribution is -2.40. The molecule has 122 valence electrons. The van der Waals surface area contributed by atoms with Gasteiger partial charge in [0.1, 0.15) is 0 Å². The molecule has 0 saturated carbocycles. The van der Waals surface area contributed by atoms with Gasteiger partial charge in [-0.05, 0) is 44.5 Å². The monoisotopic (exact) mass is 302 g/mol. The number of rotatable bonds is 8. The van der Waals surface area contributed by atoms with Crippen LogP contribution in [0.1, 0.15) is 51.0 Å². The van der Waals surface area contributed by atoms with E-state index in [2.05, 4.69) is 29.3 Å². The Morgan fingerprint density at radius 1 is 1.14 bits per heavy atom. The maximum Gasteiger partial charge on any atom is 0.223 e. The van der Waals surface area contributed by atoms with Crippen LogP contribution in [0.5, 0.6) is 0 Å². The van der Waals surface area contributed by atoms with Crippen molar-refractivity contribution in [1.29, 1.82) is 0 Å². The fraction of sp³-hybridized carbons (Fsp3) is 0.632. The van der Waals surface area contributed by atoms with Crippen LogP contribution in [0.2, 0.25) is 0 Å². The summed E-state index contributed by atoms with van der Waals surface area (Å²) in [6.07, 6.45) is 7.30. The van der Waals surface area contributed by atoms with Crippen LogP contribution in [-0.4, -0.2) is 30.4 Å². The van der Waals surface area contributed by atoms with E-state index in [1.54, 1.807) is 0 Å². The normalized spacial score (nSPS) is 16.6. The summed E-state index contributed by atoms with van der Waals surface area (Å²) in [5.74, 6) is 0.435. The predicted molar refractivity (Wildman–Crippen MR) is 91.6 cm³/mol. The highest BCUT2D eigenvalue weighted by molar-refractivity contribution is 5.78. The largest absolute Gasteiger partial charge is 0.352 e. The van der Waals surface area contributed by atoms with Gasteiger partial charge in [0.15, 0.2) is 0 Å². The van der Waals surface area contributed by atoms with Gasteiger partial charge in [-0.25, -0.2) is 0 Å². The van der Waals surface area contributed by atoms with Gasteiger partial charge in [0.05, 0.1) is 0 Å². The summed E-state index contributed by atoms with van der Waals surface area (Å²) in [5.41, 5.74) is 1.17. The number of likely N-dealkylation sites (tertiary alicyclic amines) is 1. The van der Waals surface area contributed by atoms with E-state index in [-0.39, 0.29) is 11.8 Å². The lowest BCUT2D eigenvalue weighted by molar-refractivity contribution is -0.126. The van der Waals surface area contributed by atoms with E-state index in [1.807, 2.05) is 18.2 Å². The molecule has 0 aliphatic carbocycles. The number of unbranched alkanes of at least 4 members (excludes halogenated alkanes) is 3. The molecule has 1 heterocycles. The minimum Gasteiger partial charge on any atom is -0.352 e. The summed E-state index contributed by atoms with van der Waals surface area (Å²) in [5, 5.41) is 3.09. The van der Waals surface area contributed by atoms with Crippen molar-refractivity contribution in [3.63, 3.8) is 0 Å². The van der Waals surface area contributed by atoms with Gasteiger partial charge in [-0.1, -0.05) is 56.5 Å². The smallest absolute Gasteiger partial charge is 0.223 e. The van der Waals surface area contributed by atoms with Crippen molar-refractivity contribution in [3.05, 3.63) is 35.9 Å². The first-order valence-electron chi connectivity index (χ1n) is 8.83. The lowest BCUT2D eigenvalue weighted by Gasteiger charge is -2.31. The van der Waals surface area contributed by atoms with Crippen molar-refractivity contribution in [2.75, 3.05) is 19.6 Å². The van der Waals surface area contributed by atoms with Crippen molar-refractivity contribution in [3.8, 4) is 0 Å². The number of amides is 1. The summed E-state index contributed by atoms with van der Waals surface area (Å²) in [6.45, 7) is 6.26. The molecule has 0 bridgehead atoms. The molecule has 2 rings (SSSR count). The molecule has 0 unspecified atom stereocenters. The van der Waals surface area contributed by atoms with E-state index >= 15 is 0 Å². The van der Waals surface area contributed by atoms with Crippen LogP contribution in [0.3, 0.4) is 0 Å². The highest BCUT2D eigenvalue weighted by Gasteiger charge is 2.24. The quantitative estimate of drug-likeness (QED) is 0.744. The molecule has 1 aliphatic rings. The Morgan fingerprint density at radius 3 is 2.55 bits per heavy atom. The average Bonchev–Trinajstić information content (AvgIpc) is 2.58. The molecule has 0 atom stereocenters. The van der Waals surface area contributed by atoms with Crippen molar-refractivity contribution < 1.29 is 4.79 Å². The molecule has 1 saturated heterocycles. The molecule has 0 radical (unpaired) electrons. The molecule has 3 heteroatoms. The predicted octanol–water partition coefficient (Wildman–Crippen LogP) is 3.60. The third kappa shape index (κ3) is 5.80. The first-order chi connectivity index (χ1) is 10.8. The zero-order chi connectivity index (χ0) is 15.6. The van der Waals surface area contributed by atoms with E-state index in [4.69, 9.17) is 0 Å².